The van der Waals surface area contributed by atoms with Crippen LogP contribution in [0.15, 0.2) is 0 Å². The number of rotatable bonds is 1. The highest BCUT2D eigenvalue weighted by molar-refractivity contribution is 4.99. The standard InChI is InChI=1S/C14H26N4O2/c15-17-3-1-9-8-20-14(11(9)5-17)12-6-18(16)7-13-10(12)2-4-19-13/h9-14H,1-8,15-16H2. The van der Waals surface area contributed by atoms with Crippen LogP contribution in [0.5, 0.6) is 0 Å². The van der Waals surface area contributed by atoms with E-state index in [1.54, 1.807) is 0 Å². The minimum absolute atomic E-state index is 0.305. The average Bonchev–Trinajstić information content (AvgIpc) is 3.03. The molecule has 0 aliphatic carbocycles. The first-order valence-electron chi connectivity index (χ1n) is 7.95. The zero-order chi connectivity index (χ0) is 13.7. The van der Waals surface area contributed by atoms with Gasteiger partial charge in [0.1, 0.15) is 0 Å². The highest BCUT2D eigenvalue weighted by Gasteiger charge is 2.50. The highest BCUT2D eigenvalue weighted by atomic mass is 16.5. The van der Waals surface area contributed by atoms with Crippen LogP contribution < -0.4 is 11.7 Å². The molecule has 4 heterocycles. The Balaban J connectivity index is 1.53. The number of piperidine rings is 2. The summed E-state index contributed by atoms with van der Waals surface area (Å²) < 4.78 is 12.1. The number of hydrogen-bond donors (Lipinski definition) is 2. The van der Waals surface area contributed by atoms with Crippen LogP contribution >= 0.6 is 0 Å². The summed E-state index contributed by atoms with van der Waals surface area (Å²) in [7, 11) is 0. The van der Waals surface area contributed by atoms with E-state index >= 15 is 0 Å². The molecule has 6 heteroatoms. The molecule has 0 aromatic heterocycles. The highest BCUT2D eigenvalue weighted by Crippen LogP contribution is 2.43. The Kier molecular flexibility index (Phi) is 3.48. The molecule has 4 fully saturated rings. The van der Waals surface area contributed by atoms with Crippen molar-refractivity contribution in [3.63, 3.8) is 0 Å². The monoisotopic (exact) mass is 282 g/mol. The Labute approximate surface area is 120 Å². The van der Waals surface area contributed by atoms with Crippen LogP contribution in [0.1, 0.15) is 12.8 Å². The van der Waals surface area contributed by atoms with Gasteiger partial charge in [-0.1, -0.05) is 0 Å². The molecule has 4 rings (SSSR count). The van der Waals surface area contributed by atoms with Crippen molar-refractivity contribution in [1.82, 2.24) is 10.0 Å². The molecule has 6 atom stereocenters. The van der Waals surface area contributed by atoms with Crippen LogP contribution in [0.2, 0.25) is 0 Å². The molecule has 20 heavy (non-hydrogen) atoms. The lowest BCUT2D eigenvalue weighted by atomic mass is 9.73. The lowest BCUT2D eigenvalue weighted by molar-refractivity contribution is -0.0637. The summed E-state index contributed by atoms with van der Waals surface area (Å²) in [6.45, 7) is 5.55. The zero-order valence-corrected chi connectivity index (χ0v) is 12.0. The molecule has 114 valence electrons. The summed E-state index contributed by atoms with van der Waals surface area (Å²) in [6.07, 6.45) is 2.94. The lowest BCUT2D eigenvalue weighted by Gasteiger charge is -2.43. The predicted octanol–water partition coefficient (Wildman–Crippen LogP) is -0.592. The van der Waals surface area contributed by atoms with Gasteiger partial charge >= 0.3 is 0 Å². The second-order valence-electron chi connectivity index (χ2n) is 6.99. The number of nitrogens with zero attached hydrogens (tertiary/aromatic N) is 2. The van der Waals surface area contributed by atoms with Crippen LogP contribution in [0, 0.1) is 23.7 Å². The maximum absolute atomic E-state index is 6.22. The fourth-order valence-electron chi connectivity index (χ4n) is 4.84. The van der Waals surface area contributed by atoms with Crippen LogP contribution in [0.3, 0.4) is 0 Å². The van der Waals surface area contributed by atoms with E-state index < -0.39 is 0 Å². The lowest BCUT2D eigenvalue weighted by Crippen LogP contribution is -2.56. The van der Waals surface area contributed by atoms with Gasteiger partial charge in [0.2, 0.25) is 0 Å². The van der Waals surface area contributed by atoms with Crippen molar-refractivity contribution >= 4 is 0 Å². The largest absolute Gasteiger partial charge is 0.377 e. The van der Waals surface area contributed by atoms with E-state index in [9.17, 15) is 0 Å². The van der Waals surface area contributed by atoms with E-state index in [0.29, 0.717) is 35.9 Å². The molecule has 0 aromatic rings. The van der Waals surface area contributed by atoms with Gasteiger partial charge in [0.25, 0.3) is 0 Å². The minimum atomic E-state index is 0.305. The molecule has 4 aliphatic heterocycles. The van der Waals surface area contributed by atoms with Gasteiger partial charge in [0, 0.05) is 44.6 Å². The van der Waals surface area contributed by atoms with E-state index in [1.807, 2.05) is 10.0 Å². The SMILES string of the molecule is NN1CCC2COC(C3CN(N)CC4OCCC43)C2C1. The quantitative estimate of drug-likeness (QED) is 0.626. The Morgan fingerprint density at radius 2 is 1.70 bits per heavy atom. The van der Waals surface area contributed by atoms with E-state index in [-0.39, 0.29) is 0 Å². The molecule has 6 nitrogen and oxygen atoms in total. The minimum Gasteiger partial charge on any atom is -0.377 e. The van der Waals surface area contributed by atoms with Crippen molar-refractivity contribution in [2.24, 2.45) is 35.4 Å². The smallest absolute Gasteiger partial charge is 0.0748 e. The van der Waals surface area contributed by atoms with E-state index in [1.165, 1.54) is 6.42 Å². The number of fused-ring (bicyclic) bond motifs is 2. The third-order valence-electron chi connectivity index (χ3n) is 5.86. The molecule has 4 saturated heterocycles. The van der Waals surface area contributed by atoms with Crippen molar-refractivity contribution in [2.75, 3.05) is 39.4 Å². The first-order valence-corrected chi connectivity index (χ1v) is 7.95. The molecule has 0 saturated carbocycles. The zero-order valence-electron chi connectivity index (χ0n) is 12.0. The van der Waals surface area contributed by atoms with Gasteiger partial charge in [-0.15, -0.1) is 0 Å². The van der Waals surface area contributed by atoms with Gasteiger partial charge in [0.15, 0.2) is 0 Å². The van der Waals surface area contributed by atoms with E-state index in [4.69, 9.17) is 21.2 Å². The second-order valence-corrected chi connectivity index (χ2v) is 6.99. The van der Waals surface area contributed by atoms with E-state index in [2.05, 4.69) is 0 Å². The van der Waals surface area contributed by atoms with Crippen LogP contribution in [0.25, 0.3) is 0 Å². The Hall–Kier alpha value is -0.240. The first-order chi connectivity index (χ1) is 9.72. The molecular formula is C14H26N4O2. The summed E-state index contributed by atoms with van der Waals surface area (Å²) >= 11 is 0. The van der Waals surface area contributed by atoms with Crippen molar-refractivity contribution in [1.29, 1.82) is 0 Å². The molecular weight excluding hydrogens is 256 g/mol. The Bertz CT molecular complexity index is 369. The molecule has 0 bridgehead atoms. The third kappa shape index (κ3) is 2.19. The summed E-state index contributed by atoms with van der Waals surface area (Å²) in [5.41, 5.74) is 0. The van der Waals surface area contributed by atoms with Gasteiger partial charge in [-0.05, 0) is 24.7 Å². The van der Waals surface area contributed by atoms with Crippen LogP contribution in [-0.4, -0.2) is 61.6 Å². The maximum atomic E-state index is 6.22. The topological polar surface area (TPSA) is 77.0 Å². The number of hydrazine groups is 2. The Morgan fingerprint density at radius 1 is 0.850 bits per heavy atom. The summed E-state index contributed by atoms with van der Waals surface area (Å²) in [5.74, 6) is 14.5. The molecule has 0 aromatic carbocycles. The number of ether oxygens (including phenoxy) is 2. The second kappa shape index (κ2) is 5.19. The summed E-state index contributed by atoms with van der Waals surface area (Å²) in [5, 5.41) is 3.89. The number of nitrogens with two attached hydrogens (primary N) is 2. The molecule has 0 radical (unpaired) electrons. The predicted molar refractivity (Wildman–Crippen MR) is 74.2 cm³/mol. The Morgan fingerprint density at radius 3 is 2.60 bits per heavy atom. The van der Waals surface area contributed by atoms with E-state index in [0.717, 1.165) is 45.8 Å². The van der Waals surface area contributed by atoms with Crippen molar-refractivity contribution in [2.45, 2.75) is 25.0 Å². The van der Waals surface area contributed by atoms with Crippen LogP contribution in [-0.2, 0) is 9.47 Å². The average molecular weight is 282 g/mol. The normalized spacial score (nSPS) is 50.1. The first kappa shape index (κ1) is 13.4. The van der Waals surface area contributed by atoms with Gasteiger partial charge < -0.3 is 9.47 Å². The molecule has 4 aliphatic rings. The number of hydrogen-bond acceptors (Lipinski definition) is 6. The summed E-state index contributed by atoms with van der Waals surface area (Å²) in [4.78, 5) is 0. The van der Waals surface area contributed by atoms with Crippen molar-refractivity contribution < 1.29 is 9.47 Å². The fraction of sp³-hybridized carbons (Fsp3) is 1.00. The third-order valence-corrected chi connectivity index (χ3v) is 5.86. The fourth-order valence-corrected chi connectivity index (χ4v) is 4.84. The van der Waals surface area contributed by atoms with Gasteiger partial charge in [0.05, 0.1) is 18.8 Å². The van der Waals surface area contributed by atoms with Gasteiger partial charge in [-0.3, -0.25) is 11.7 Å². The molecule has 6 unspecified atom stereocenters. The summed E-state index contributed by atoms with van der Waals surface area (Å²) in [6, 6.07) is 0. The van der Waals surface area contributed by atoms with Crippen molar-refractivity contribution in [3.05, 3.63) is 0 Å². The van der Waals surface area contributed by atoms with Gasteiger partial charge in [-0.25, -0.2) is 10.0 Å². The molecule has 4 N–H and O–H groups in total. The maximum Gasteiger partial charge on any atom is 0.0748 e. The van der Waals surface area contributed by atoms with Crippen molar-refractivity contribution in [3.8, 4) is 0 Å². The molecule has 0 amide bonds. The van der Waals surface area contributed by atoms with Crippen LogP contribution in [0.4, 0.5) is 0 Å². The molecule has 0 spiro atoms. The van der Waals surface area contributed by atoms with Gasteiger partial charge in [-0.2, -0.15) is 0 Å².